The zero-order chi connectivity index (χ0) is 21.0. The molecule has 0 aliphatic carbocycles. The lowest BCUT2D eigenvalue weighted by molar-refractivity contribution is -0.156. The second-order valence-corrected chi connectivity index (χ2v) is 8.33. The van der Waals surface area contributed by atoms with Crippen LogP contribution >= 0.6 is 11.8 Å². The highest BCUT2D eigenvalue weighted by Gasteiger charge is 2.57. The lowest BCUT2D eigenvalue weighted by Crippen LogP contribution is -2.48. The standard InChI is InChI=1S/C20H25N3O5S/c1-3-21-18(26)13(2)22-16(24)11-28-19(27)15-12-29-20(10-9-17(25)23(15)20)14-7-5-4-6-8-14/h4-8,13,15H,3,9-12H2,1-2H3,(H,21,26)(H,22,24)/t13-,15-,20-/m1/s1. The summed E-state index contributed by atoms with van der Waals surface area (Å²) in [5, 5.41) is 5.09. The molecule has 1 aromatic rings. The highest BCUT2D eigenvalue weighted by Crippen LogP contribution is 2.54. The highest BCUT2D eigenvalue weighted by atomic mass is 32.2. The van der Waals surface area contributed by atoms with Crippen molar-refractivity contribution in [2.75, 3.05) is 18.9 Å². The predicted octanol–water partition coefficient (Wildman–Crippen LogP) is 0.761. The average Bonchev–Trinajstić information content (AvgIpc) is 3.26. The van der Waals surface area contributed by atoms with Crippen LogP contribution in [0.4, 0.5) is 0 Å². The van der Waals surface area contributed by atoms with Gasteiger partial charge in [-0.15, -0.1) is 11.8 Å². The normalized spacial score (nSPS) is 24.0. The number of carbonyl (C=O) groups excluding carboxylic acids is 4. The molecule has 2 fully saturated rings. The SMILES string of the molecule is CCNC(=O)[C@@H](C)NC(=O)COC(=O)[C@H]1CS[C@@]2(c3ccccc3)CCC(=O)N12. The number of carbonyl (C=O) groups is 4. The molecule has 2 aliphatic rings. The first-order chi connectivity index (χ1) is 13.9. The minimum Gasteiger partial charge on any atom is -0.454 e. The van der Waals surface area contributed by atoms with E-state index in [2.05, 4.69) is 10.6 Å². The molecule has 8 nitrogen and oxygen atoms in total. The van der Waals surface area contributed by atoms with Crippen molar-refractivity contribution in [3.8, 4) is 0 Å². The Balaban J connectivity index is 1.61. The first-order valence-electron chi connectivity index (χ1n) is 9.64. The Hall–Kier alpha value is -2.55. The van der Waals surface area contributed by atoms with E-state index in [1.54, 1.807) is 30.5 Å². The number of benzene rings is 1. The van der Waals surface area contributed by atoms with Gasteiger partial charge in [0.25, 0.3) is 5.91 Å². The lowest BCUT2D eigenvalue weighted by Gasteiger charge is -2.33. The van der Waals surface area contributed by atoms with Gasteiger partial charge in [0, 0.05) is 18.7 Å². The molecule has 0 saturated carbocycles. The summed E-state index contributed by atoms with van der Waals surface area (Å²) in [5.74, 6) is -1.16. The second-order valence-electron chi connectivity index (χ2n) is 7.03. The van der Waals surface area contributed by atoms with E-state index in [0.29, 0.717) is 25.1 Å². The molecule has 29 heavy (non-hydrogen) atoms. The van der Waals surface area contributed by atoms with Crippen LogP contribution in [0.5, 0.6) is 0 Å². The van der Waals surface area contributed by atoms with Crippen molar-refractivity contribution in [1.82, 2.24) is 15.5 Å². The summed E-state index contributed by atoms with van der Waals surface area (Å²) in [6.45, 7) is 3.29. The molecule has 3 rings (SSSR count). The highest BCUT2D eigenvalue weighted by molar-refractivity contribution is 8.00. The third-order valence-corrected chi connectivity index (χ3v) is 6.69. The number of ether oxygens (including phenoxy) is 1. The lowest BCUT2D eigenvalue weighted by atomic mass is 10.0. The largest absolute Gasteiger partial charge is 0.454 e. The van der Waals surface area contributed by atoms with Crippen LogP contribution in [0.2, 0.25) is 0 Å². The Kier molecular flexibility index (Phi) is 6.46. The van der Waals surface area contributed by atoms with Gasteiger partial charge >= 0.3 is 5.97 Å². The molecular weight excluding hydrogens is 394 g/mol. The number of nitrogens with zero attached hydrogens (tertiary/aromatic N) is 1. The number of thioether (sulfide) groups is 1. The van der Waals surface area contributed by atoms with Gasteiger partial charge in [-0.2, -0.15) is 0 Å². The number of rotatable bonds is 7. The fraction of sp³-hybridized carbons (Fsp3) is 0.500. The number of nitrogens with one attached hydrogen (secondary N) is 2. The van der Waals surface area contributed by atoms with Crippen LogP contribution < -0.4 is 10.6 Å². The molecule has 0 radical (unpaired) electrons. The summed E-state index contributed by atoms with van der Waals surface area (Å²) in [7, 11) is 0. The molecule has 1 aromatic carbocycles. The van der Waals surface area contributed by atoms with Gasteiger partial charge in [-0.1, -0.05) is 30.3 Å². The van der Waals surface area contributed by atoms with Crippen LogP contribution in [0.3, 0.4) is 0 Å². The Bertz CT molecular complexity index is 803. The minimum absolute atomic E-state index is 0.0879. The van der Waals surface area contributed by atoms with Crippen molar-refractivity contribution in [2.45, 2.75) is 43.6 Å². The maximum absolute atomic E-state index is 12.6. The maximum Gasteiger partial charge on any atom is 0.330 e. The Labute approximate surface area is 173 Å². The van der Waals surface area contributed by atoms with Crippen LogP contribution in [0.15, 0.2) is 30.3 Å². The van der Waals surface area contributed by atoms with Crippen LogP contribution in [-0.4, -0.2) is 59.6 Å². The summed E-state index contributed by atoms with van der Waals surface area (Å²) < 4.78 is 5.18. The molecule has 2 aliphatic heterocycles. The fourth-order valence-electron chi connectivity index (χ4n) is 3.72. The topological polar surface area (TPSA) is 105 Å². The van der Waals surface area contributed by atoms with Gasteiger partial charge < -0.3 is 20.3 Å². The van der Waals surface area contributed by atoms with Crippen LogP contribution in [0, 0.1) is 0 Å². The number of esters is 1. The number of likely N-dealkylation sites (N-methyl/N-ethyl adjacent to an activating group) is 1. The summed E-state index contributed by atoms with van der Waals surface area (Å²) in [4.78, 5) is 49.9. The summed E-state index contributed by atoms with van der Waals surface area (Å²) >= 11 is 1.56. The molecule has 9 heteroatoms. The minimum atomic E-state index is -0.733. The van der Waals surface area contributed by atoms with Crippen LogP contribution in [0.1, 0.15) is 32.3 Å². The number of hydrogen-bond acceptors (Lipinski definition) is 6. The Morgan fingerprint density at radius 1 is 1.31 bits per heavy atom. The van der Waals surface area contributed by atoms with Gasteiger partial charge in [0.15, 0.2) is 6.61 Å². The van der Waals surface area contributed by atoms with Gasteiger partial charge in [0.05, 0.1) is 0 Å². The van der Waals surface area contributed by atoms with E-state index in [0.717, 1.165) is 5.56 Å². The third kappa shape index (κ3) is 4.24. The summed E-state index contributed by atoms with van der Waals surface area (Å²) in [6, 6.07) is 8.20. The van der Waals surface area contributed by atoms with Crippen LogP contribution in [-0.2, 0) is 28.8 Å². The second kappa shape index (κ2) is 8.86. The van der Waals surface area contributed by atoms with Crippen molar-refractivity contribution < 1.29 is 23.9 Å². The van der Waals surface area contributed by atoms with Crippen LogP contribution in [0.25, 0.3) is 0 Å². The fourth-order valence-corrected chi connectivity index (χ4v) is 5.36. The molecule has 0 bridgehead atoms. The van der Waals surface area contributed by atoms with E-state index in [9.17, 15) is 19.2 Å². The molecule has 0 unspecified atom stereocenters. The van der Waals surface area contributed by atoms with E-state index < -0.39 is 35.4 Å². The Morgan fingerprint density at radius 3 is 2.72 bits per heavy atom. The van der Waals surface area contributed by atoms with E-state index in [4.69, 9.17) is 4.74 Å². The molecule has 2 saturated heterocycles. The van der Waals surface area contributed by atoms with Crippen molar-refractivity contribution in [3.05, 3.63) is 35.9 Å². The quantitative estimate of drug-likeness (QED) is 0.633. The third-order valence-electron chi connectivity index (χ3n) is 5.09. The van der Waals surface area contributed by atoms with Crippen molar-refractivity contribution in [3.63, 3.8) is 0 Å². The number of amides is 3. The molecule has 2 N–H and O–H groups in total. The Morgan fingerprint density at radius 2 is 2.03 bits per heavy atom. The average molecular weight is 420 g/mol. The molecule has 3 amide bonds. The zero-order valence-corrected chi connectivity index (χ0v) is 17.3. The molecular formula is C20H25N3O5S. The van der Waals surface area contributed by atoms with E-state index >= 15 is 0 Å². The first-order valence-corrected chi connectivity index (χ1v) is 10.6. The monoisotopic (exact) mass is 419 g/mol. The van der Waals surface area contributed by atoms with Gasteiger partial charge in [0.1, 0.15) is 17.0 Å². The van der Waals surface area contributed by atoms with E-state index in [1.165, 1.54) is 0 Å². The summed E-state index contributed by atoms with van der Waals surface area (Å²) in [6.07, 6.45) is 1.01. The molecule has 0 aromatic heterocycles. The number of hydrogen-bond donors (Lipinski definition) is 2. The van der Waals surface area contributed by atoms with Crippen molar-refractivity contribution in [2.24, 2.45) is 0 Å². The number of fused-ring (bicyclic) bond motifs is 1. The van der Waals surface area contributed by atoms with Gasteiger partial charge in [-0.05, 0) is 25.8 Å². The summed E-state index contributed by atoms with van der Waals surface area (Å²) in [5.41, 5.74) is 0.986. The van der Waals surface area contributed by atoms with Gasteiger partial charge in [-0.25, -0.2) is 4.79 Å². The molecule has 3 atom stereocenters. The smallest absolute Gasteiger partial charge is 0.330 e. The van der Waals surface area contributed by atoms with E-state index in [1.807, 2.05) is 30.3 Å². The molecule has 156 valence electrons. The molecule has 2 heterocycles. The maximum atomic E-state index is 12.6. The van der Waals surface area contributed by atoms with Crippen molar-refractivity contribution >= 4 is 35.5 Å². The van der Waals surface area contributed by atoms with Gasteiger partial charge in [-0.3, -0.25) is 14.4 Å². The van der Waals surface area contributed by atoms with E-state index in [-0.39, 0.29) is 11.8 Å². The van der Waals surface area contributed by atoms with Crippen molar-refractivity contribution in [1.29, 1.82) is 0 Å². The first kappa shape index (κ1) is 21.2. The molecule has 0 spiro atoms. The zero-order valence-electron chi connectivity index (χ0n) is 16.5. The predicted molar refractivity (Wildman–Crippen MR) is 108 cm³/mol. The van der Waals surface area contributed by atoms with Gasteiger partial charge in [0.2, 0.25) is 11.8 Å².